The van der Waals surface area contributed by atoms with E-state index in [1.54, 1.807) is 30.5 Å². The van der Waals surface area contributed by atoms with Gasteiger partial charge in [-0.1, -0.05) is 55.0 Å². The Morgan fingerprint density at radius 3 is 2.71 bits per heavy atom. The molecule has 0 amide bonds. The highest BCUT2D eigenvalue weighted by Gasteiger charge is 2.85. The standard InChI is InChI=1S/C38H46N4O6/c1-4-40-32-19-27-10-6-5-9-26(27)18-28(32)22-47-36(46)38-35(45)31-12-8-7-11-30(31)34(44)37(38,48-38)20-29(21-43)24(2)13-14-25-15-16-41-33(17-25)42-23-39-3/h6-8,10-12,15-17,19,26,28,32,39-40,43H,4-5,9,13-14,18,20-23H2,1-3H3,(H,41,42)/b29-24-/t26-,28-,32+,37-,38-/m0/s1. The molecule has 10 nitrogen and oxygen atoms in total. The smallest absolute Gasteiger partial charge is 0.350 e. The first-order valence-corrected chi connectivity index (χ1v) is 17.1. The van der Waals surface area contributed by atoms with Crippen molar-refractivity contribution in [3.63, 3.8) is 0 Å². The zero-order chi connectivity index (χ0) is 33.9. The molecule has 4 N–H and O–H groups in total. The number of fused-ring (bicyclic) bond motifs is 3. The van der Waals surface area contributed by atoms with Crippen LogP contribution < -0.4 is 16.0 Å². The van der Waals surface area contributed by atoms with E-state index >= 15 is 0 Å². The second-order valence-corrected chi connectivity index (χ2v) is 13.3. The van der Waals surface area contributed by atoms with E-state index in [4.69, 9.17) is 9.47 Å². The number of Topliss-reactive ketones (excluding diaryl/α,β-unsaturated/α-hetero) is 2. The molecule has 0 spiro atoms. The number of ketones is 2. The number of benzene rings is 1. The second kappa shape index (κ2) is 14.3. The van der Waals surface area contributed by atoms with Gasteiger partial charge >= 0.3 is 5.97 Å². The molecule has 10 heteroatoms. The van der Waals surface area contributed by atoms with Crippen molar-refractivity contribution in [2.24, 2.45) is 11.8 Å². The van der Waals surface area contributed by atoms with Crippen LogP contribution >= 0.6 is 0 Å². The molecule has 4 aliphatic rings. The normalized spacial score (nSPS) is 27.7. The molecule has 1 saturated heterocycles. The average molecular weight is 655 g/mol. The molecule has 5 atom stereocenters. The molecule has 0 unspecified atom stereocenters. The summed E-state index contributed by atoms with van der Waals surface area (Å²) in [5, 5.41) is 20.3. The van der Waals surface area contributed by atoms with Gasteiger partial charge in [0, 0.05) is 35.7 Å². The van der Waals surface area contributed by atoms with E-state index in [0.29, 0.717) is 31.0 Å². The van der Waals surface area contributed by atoms with Crippen molar-refractivity contribution >= 4 is 23.4 Å². The highest BCUT2D eigenvalue weighted by Crippen LogP contribution is 2.59. The Bertz CT molecular complexity index is 1670. The molecule has 0 saturated carbocycles. The zero-order valence-electron chi connectivity index (χ0n) is 28.0. The Labute approximate surface area is 282 Å². The van der Waals surface area contributed by atoms with Gasteiger partial charge in [0.25, 0.3) is 5.60 Å². The lowest BCUT2D eigenvalue weighted by atomic mass is 9.71. The molecule has 2 aromatic rings. The molecule has 3 aliphatic carbocycles. The van der Waals surface area contributed by atoms with Gasteiger partial charge in [0.15, 0.2) is 11.4 Å². The van der Waals surface area contributed by atoms with Crippen molar-refractivity contribution in [3.8, 4) is 0 Å². The molecule has 0 radical (unpaired) electrons. The van der Waals surface area contributed by atoms with E-state index < -0.39 is 28.7 Å². The molecule has 1 aliphatic heterocycles. The Hall–Kier alpha value is -3.96. The summed E-state index contributed by atoms with van der Waals surface area (Å²) >= 11 is 0. The highest BCUT2D eigenvalue weighted by atomic mass is 16.7. The third-order valence-corrected chi connectivity index (χ3v) is 10.4. The minimum Gasteiger partial charge on any atom is -0.463 e. The fourth-order valence-corrected chi connectivity index (χ4v) is 7.59. The number of aliphatic hydroxyl groups excluding tert-OH is 1. The van der Waals surface area contributed by atoms with Gasteiger partial charge in [-0.3, -0.25) is 9.59 Å². The molecule has 1 fully saturated rings. The topological polar surface area (TPSA) is 142 Å². The fourth-order valence-electron chi connectivity index (χ4n) is 7.59. The number of pyridine rings is 1. The number of aromatic nitrogens is 1. The first kappa shape index (κ1) is 33.9. The van der Waals surface area contributed by atoms with Crippen LogP contribution in [0, 0.1) is 11.8 Å². The molecule has 6 rings (SSSR count). The number of allylic oxidation sites excluding steroid dienone is 4. The minimum atomic E-state index is -2.09. The zero-order valence-corrected chi connectivity index (χ0v) is 28.0. The van der Waals surface area contributed by atoms with E-state index in [1.807, 2.05) is 33.0 Å². The average Bonchev–Trinajstić information content (AvgIpc) is 3.82. The third kappa shape index (κ3) is 6.18. The maximum absolute atomic E-state index is 14.2. The number of epoxide rings is 1. The minimum absolute atomic E-state index is 0.0117. The van der Waals surface area contributed by atoms with Gasteiger partial charge in [-0.2, -0.15) is 0 Å². The Morgan fingerprint density at radius 1 is 1.17 bits per heavy atom. The second-order valence-electron chi connectivity index (χ2n) is 13.3. The summed E-state index contributed by atoms with van der Waals surface area (Å²) in [4.78, 5) is 46.8. The summed E-state index contributed by atoms with van der Waals surface area (Å²) in [7, 11) is 1.85. The molecule has 1 aromatic carbocycles. The number of hydrogen-bond acceptors (Lipinski definition) is 10. The monoisotopic (exact) mass is 654 g/mol. The summed E-state index contributed by atoms with van der Waals surface area (Å²) in [6.45, 7) is 5.06. The number of esters is 1. The number of ether oxygens (including phenoxy) is 2. The van der Waals surface area contributed by atoms with E-state index in [0.717, 1.165) is 42.8 Å². The number of rotatable bonds is 14. The molecule has 1 aromatic heterocycles. The summed E-state index contributed by atoms with van der Waals surface area (Å²) in [5.74, 6) is -0.678. The largest absolute Gasteiger partial charge is 0.463 e. The summed E-state index contributed by atoms with van der Waals surface area (Å²) in [6.07, 6.45) is 12.5. The Kier molecular flexibility index (Phi) is 10.1. The van der Waals surface area contributed by atoms with Crippen molar-refractivity contribution < 1.29 is 29.0 Å². The van der Waals surface area contributed by atoms with Crippen LogP contribution in [-0.2, 0) is 20.7 Å². The number of carbonyl (C=O) groups is 3. The number of carbonyl (C=O) groups excluding carboxylic acids is 3. The van der Waals surface area contributed by atoms with Crippen LogP contribution in [0.5, 0.6) is 0 Å². The molecular formula is C38H46N4O6. The maximum atomic E-state index is 14.2. The van der Waals surface area contributed by atoms with Gasteiger partial charge < -0.3 is 30.5 Å². The van der Waals surface area contributed by atoms with Gasteiger partial charge in [0.1, 0.15) is 5.82 Å². The molecule has 2 heterocycles. The van der Waals surface area contributed by atoms with Crippen LogP contribution in [-0.4, -0.2) is 78.3 Å². The lowest BCUT2D eigenvalue weighted by molar-refractivity contribution is -0.150. The molecule has 0 bridgehead atoms. The van der Waals surface area contributed by atoms with E-state index in [-0.39, 0.29) is 42.7 Å². The van der Waals surface area contributed by atoms with Gasteiger partial charge in [0.2, 0.25) is 5.78 Å². The van der Waals surface area contributed by atoms with E-state index in [1.165, 1.54) is 5.57 Å². The van der Waals surface area contributed by atoms with Crippen LogP contribution in [0.4, 0.5) is 5.82 Å². The van der Waals surface area contributed by atoms with Gasteiger partial charge in [-0.05, 0) is 87.4 Å². The lowest BCUT2D eigenvalue weighted by Crippen LogP contribution is -2.51. The fraction of sp³-hybridized carbons (Fsp3) is 0.474. The number of aryl methyl sites for hydroxylation is 1. The lowest BCUT2D eigenvalue weighted by Gasteiger charge is -2.36. The number of nitrogens with zero attached hydrogens (tertiary/aromatic N) is 1. The van der Waals surface area contributed by atoms with Crippen LogP contribution in [0.25, 0.3) is 0 Å². The first-order valence-electron chi connectivity index (χ1n) is 17.1. The predicted octanol–water partition coefficient (Wildman–Crippen LogP) is 4.32. The summed E-state index contributed by atoms with van der Waals surface area (Å²) in [6, 6.07) is 10.5. The van der Waals surface area contributed by atoms with Crippen molar-refractivity contribution in [2.45, 2.75) is 69.6 Å². The van der Waals surface area contributed by atoms with Crippen LogP contribution in [0.2, 0.25) is 0 Å². The van der Waals surface area contributed by atoms with E-state index in [9.17, 15) is 19.5 Å². The highest BCUT2D eigenvalue weighted by molar-refractivity contribution is 6.32. The van der Waals surface area contributed by atoms with Crippen LogP contribution in [0.15, 0.2) is 77.5 Å². The first-order chi connectivity index (χ1) is 23.3. The maximum Gasteiger partial charge on any atom is 0.350 e. The number of aliphatic hydroxyl groups is 1. The van der Waals surface area contributed by atoms with Gasteiger partial charge in [0.05, 0.1) is 19.9 Å². The SMILES string of the molecule is CCN[C@@H]1C=C2C=CCC[C@H]2C[C@H]1COC(=O)[C@]12O[C@@]1(C/C(CO)=C(\C)CCc1ccnc(NCNC)c1)C(=O)c1ccccc1C2=O. The van der Waals surface area contributed by atoms with Crippen LogP contribution in [0.3, 0.4) is 0 Å². The number of hydrogen-bond donors (Lipinski definition) is 4. The van der Waals surface area contributed by atoms with Crippen molar-refractivity contribution in [1.29, 1.82) is 0 Å². The van der Waals surface area contributed by atoms with Gasteiger partial charge in [-0.15, -0.1) is 0 Å². The molecule has 48 heavy (non-hydrogen) atoms. The Balaban J connectivity index is 1.24. The third-order valence-electron chi connectivity index (χ3n) is 10.4. The predicted molar refractivity (Wildman–Crippen MR) is 183 cm³/mol. The quantitative estimate of drug-likeness (QED) is 0.0765. The number of nitrogens with one attached hydrogen (secondary N) is 3. The summed E-state index contributed by atoms with van der Waals surface area (Å²) < 4.78 is 12.1. The summed E-state index contributed by atoms with van der Waals surface area (Å²) in [5.41, 5.74) is 0.320. The van der Waals surface area contributed by atoms with Crippen molar-refractivity contribution in [1.82, 2.24) is 15.6 Å². The molecule has 254 valence electrons. The van der Waals surface area contributed by atoms with Crippen molar-refractivity contribution in [2.75, 3.05) is 38.8 Å². The number of likely N-dealkylation sites (N-methyl/N-ethyl adjacent to an activating group) is 1. The Morgan fingerprint density at radius 2 is 1.96 bits per heavy atom. The van der Waals surface area contributed by atoms with E-state index in [2.05, 4.69) is 39.2 Å². The number of anilines is 1. The van der Waals surface area contributed by atoms with Gasteiger partial charge in [-0.25, -0.2) is 9.78 Å². The van der Waals surface area contributed by atoms with Crippen LogP contribution in [0.1, 0.15) is 72.2 Å². The van der Waals surface area contributed by atoms with Crippen molar-refractivity contribution in [3.05, 3.63) is 94.2 Å². The molecular weight excluding hydrogens is 608 g/mol.